The van der Waals surface area contributed by atoms with Crippen LogP contribution in [0.25, 0.3) is 0 Å². The van der Waals surface area contributed by atoms with Crippen molar-refractivity contribution in [2.24, 2.45) is 0 Å². The highest BCUT2D eigenvalue weighted by molar-refractivity contribution is 7.92. The van der Waals surface area contributed by atoms with E-state index >= 15 is 0 Å². The highest BCUT2D eigenvalue weighted by Gasteiger charge is 2.34. The number of sulfonamides is 1. The van der Waals surface area contributed by atoms with Crippen molar-refractivity contribution in [2.75, 3.05) is 32.2 Å². The van der Waals surface area contributed by atoms with E-state index in [9.17, 15) is 18.0 Å². The van der Waals surface area contributed by atoms with E-state index in [1.54, 1.807) is 38.3 Å². The van der Waals surface area contributed by atoms with Gasteiger partial charge < -0.3 is 24.4 Å². The van der Waals surface area contributed by atoms with Gasteiger partial charge in [-0.05, 0) is 86.7 Å². The van der Waals surface area contributed by atoms with Gasteiger partial charge >= 0.3 is 0 Å². The largest absolute Gasteiger partial charge is 0.497 e. The van der Waals surface area contributed by atoms with Gasteiger partial charge in [-0.15, -0.1) is 0 Å². The van der Waals surface area contributed by atoms with Crippen LogP contribution in [0.1, 0.15) is 55.7 Å². The number of nitrogens with zero attached hydrogens (tertiary/aromatic N) is 2. The van der Waals surface area contributed by atoms with E-state index in [0.29, 0.717) is 17.2 Å². The van der Waals surface area contributed by atoms with E-state index in [-0.39, 0.29) is 29.1 Å². The third kappa shape index (κ3) is 8.31. The minimum Gasteiger partial charge on any atom is -0.497 e. The summed E-state index contributed by atoms with van der Waals surface area (Å²) in [6.07, 6.45) is 5.04. The number of methoxy groups -OCH3 is 3. The van der Waals surface area contributed by atoms with Gasteiger partial charge in [-0.2, -0.15) is 0 Å². The molecule has 1 saturated carbocycles. The maximum absolute atomic E-state index is 14.3. The Bertz CT molecular complexity index is 1600. The Morgan fingerprint density at radius 2 is 1.48 bits per heavy atom. The van der Waals surface area contributed by atoms with Crippen molar-refractivity contribution in [2.45, 2.75) is 76.4 Å². The fourth-order valence-electron chi connectivity index (χ4n) is 5.81. The fourth-order valence-corrected chi connectivity index (χ4v) is 7.22. The van der Waals surface area contributed by atoms with Gasteiger partial charge in [-0.3, -0.25) is 13.9 Å². The number of hydrogen-bond acceptors (Lipinski definition) is 7. The summed E-state index contributed by atoms with van der Waals surface area (Å²) in [4.78, 5) is 29.3. The van der Waals surface area contributed by atoms with Crippen molar-refractivity contribution in [3.05, 3.63) is 77.4 Å². The van der Waals surface area contributed by atoms with Crippen LogP contribution < -0.4 is 23.8 Å². The van der Waals surface area contributed by atoms with Gasteiger partial charge in [-0.1, -0.05) is 37.5 Å². The number of anilines is 1. The summed E-state index contributed by atoms with van der Waals surface area (Å²) in [7, 11) is 0.176. The number of nitrogens with one attached hydrogen (secondary N) is 1. The van der Waals surface area contributed by atoms with Crippen molar-refractivity contribution in [1.29, 1.82) is 0 Å². The standard InChI is InChI=1S/C35H45N3O7S/c1-24-18-25(2)20-29(19-24)38(46(41,42)31-16-17-32(44-5)33(21-31)45-6)23-34(39)37(22-27-12-14-30(43-4)15-13-27)26(3)35(40)36-28-10-8-7-9-11-28/h12-21,26,28H,7-11,22-23H2,1-6H3,(H,36,40). The minimum absolute atomic E-state index is 0.0545. The molecule has 0 aromatic heterocycles. The predicted octanol–water partition coefficient (Wildman–Crippen LogP) is 5.39. The molecule has 10 nitrogen and oxygen atoms in total. The van der Waals surface area contributed by atoms with Crippen molar-refractivity contribution in [3.63, 3.8) is 0 Å². The molecule has 1 aliphatic rings. The fraction of sp³-hybridized carbons (Fsp3) is 0.429. The molecule has 1 N–H and O–H groups in total. The molecule has 11 heteroatoms. The molecule has 0 saturated heterocycles. The van der Waals surface area contributed by atoms with Gasteiger partial charge in [0.25, 0.3) is 10.0 Å². The van der Waals surface area contributed by atoms with Crippen LogP contribution in [0.3, 0.4) is 0 Å². The molecule has 3 aromatic rings. The predicted molar refractivity (Wildman–Crippen MR) is 178 cm³/mol. The topological polar surface area (TPSA) is 114 Å². The Morgan fingerprint density at radius 1 is 0.848 bits per heavy atom. The summed E-state index contributed by atoms with van der Waals surface area (Å²) in [5, 5.41) is 3.13. The molecule has 4 rings (SSSR count). The average Bonchev–Trinajstić information content (AvgIpc) is 3.05. The maximum atomic E-state index is 14.3. The summed E-state index contributed by atoms with van der Waals surface area (Å²) in [5.41, 5.74) is 2.78. The molecule has 46 heavy (non-hydrogen) atoms. The summed E-state index contributed by atoms with van der Waals surface area (Å²) in [6, 6.07) is 16.1. The Balaban J connectivity index is 1.73. The van der Waals surface area contributed by atoms with Gasteiger partial charge in [0.2, 0.25) is 11.8 Å². The third-order valence-electron chi connectivity index (χ3n) is 8.35. The molecule has 0 aliphatic heterocycles. The van der Waals surface area contributed by atoms with Crippen LogP contribution in [0.2, 0.25) is 0 Å². The zero-order chi connectivity index (χ0) is 33.4. The maximum Gasteiger partial charge on any atom is 0.264 e. The molecule has 0 heterocycles. The first kappa shape index (κ1) is 34.6. The lowest BCUT2D eigenvalue weighted by Crippen LogP contribution is -2.53. The smallest absolute Gasteiger partial charge is 0.264 e. The second-order valence-electron chi connectivity index (χ2n) is 11.8. The summed E-state index contributed by atoms with van der Waals surface area (Å²) in [5.74, 6) is 0.481. The van der Waals surface area contributed by atoms with E-state index in [1.807, 2.05) is 32.0 Å². The zero-order valence-electron chi connectivity index (χ0n) is 27.5. The number of ether oxygens (including phenoxy) is 3. The number of carbonyl (C=O) groups is 2. The van der Waals surface area contributed by atoms with Gasteiger partial charge in [0.15, 0.2) is 11.5 Å². The Hall–Kier alpha value is -4.25. The quantitative estimate of drug-likeness (QED) is 0.264. The molecule has 0 spiro atoms. The van der Waals surface area contributed by atoms with Gasteiger partial charge in [0, 0.05) is 18.7 Å². The molecule has 0 radical (unpaired) electrons. The number of rotatable bonds is 13. The zero-order valence-corrected chi connectivity index (χ0v) is 28.4. The average molecular weight is 652 g/mol. The second kappa shape index (κ2) is 15.4. The lowest BCUT2D eigenvalue weighted by molar-refractivity contribution is -0.139. The van der Waals surface area contributed by atoms with Crippen molar-refractivity contribution in [3.8, 4) is 17.2 Å². The van der Waals surface area contributed by atoms with Crippen LogP contribution in [-0.4, -0.2) is 65.1 Å². The van der Waals surface area contributed by atoms with Gasteiger partial charge in [-0.25, -0.2) is 8.42 Å². The van der Waals surface area contributed by atoms with E-state index in [0.717, 1.165) is 53.1 Å². The molecule has 248 valence electrons. The molecule has 1 atom stereocenters. The van der Waals surface area contributed by atoms with Crippen LogP contribution in [0.5, 0.6) is 17.2 Å². The molecular weight excluding hydrogens is 606 g/mol. The number of hydrogen-bond donors (Lipinski definition) is 1. The van der Waals surface area contributed by atoms with Crippen LogP contribution in [0, 0.1) is 13.8 Å². The van der Waals surface area contributed by atoms with Crippen LogP contribution in [0.4, 0.5) is 5.69 Å². The first-order valence-corrected chi connectivity index (χ1v) is 17.0. The Labute approximate surface area is 272 Å². The lowest BCUT2D eigenvalue weighted by Gasteiger charge is -2.33. The van der Waals surface area contributed by atoms with E-state index in [4.69, 9.17) is 14.2 Å². The lowest BCUT2D eigenvalue weighted by atomic mass is 9.95. The van der Waals surface area contributed by atoms with Crippen molar-refractivity contribution in [1.82, 2.24) is 10.2 Å². The van der Waals surface area contributed by atoms with Crippen LogP contribution in [0.15, 0.2) is 65.6 Å². The molecule has 1 aliphatic carbocycles. The molecular formula is C35H45N3O7S. The molecule has 1 fully saturated rings. The molecule has 2 amide bonds. The monoisotopic (exact) mass is 651 g/mol. The Kier molecular flexibility index (Phi) is 11.6. The van der Waals surface area contributed by atoms with Crippen molar-refractivity contribution < 1.29 is 32.2 Å². The number of benzene rings is 3. The first-order chi connectivity index (χ1) is 22.0. The number of amides is 2. The SMILES string of the molecule is COc1ccc(CN(C(=O)CN(c2cc(C)cc(C)c2)S(=O)(=O)c2ccc(OC)c(OC)c2)C(C)C(=O)NC2CCCCC2)cc1. The normalized spacial score (nSPS) is 14.2. The highest BCUT2D eigenvalue weighted by atomic mass is 32.2. The molecule has 3 aromatic carbocycles. The van der Waals surface area contributed by atoms with E-state index in [2.05, 4.69) is 5.32 Å². The Morgan fingerprint density at radius 3 is 2.07 bits per heavy atom. The summed E-state index contributed by atoms with van der Waals surface area (Å²) < 4.78 is 45.8. The number of aryl methyl sites for hydroxylation is 2. The van der Waals surface area contributed by atoms with Crippen LogP contribution >= 0.6 is 0 Å². The van der Waals surface area contributed by atoms with Gasteiger partial charge in [0.05, 0.1) is 31.9 Å². The highest BCUT2D eigenvalue weighted by Crippen LogP contribution is 2.33. The van der Waals surface area contributed by atoms with Gasteiger partial charge in [0.1, 0.15) is 18.3 Å². The van der Waals surface area contributed by atoms with E-state index in [1.165, 1.54) is 37.3 Å². The van der Waals surface area contributed by atoms with Crippen LogP contribution in [-0.2, 0) is 26.2 Å². The number of carbonyl (C=O) groups excluding carboxylic acids is 2. The first-order valence-electron chi connectivity index (χ1n) is 15.5. The summed E-state index contributed by atoms with van der Waals surface area (Å²) >= 11 is 0. The van der Waals surface area contributed by atoms with E-state index < -0.39 is 28.5 Å². The summed E-state index contributed by atoms with van der Waals surface area (Å²) in [6.45, 7) is 4.99. The minimum atomic E-state index is -4.29. The van der Waals surface area contributed by atoms with Crippen molar-refractivity contribution >= 4 is 27.5 Å². The third-order valence-corrected chi connectivity index (χ3v) is 10.1. The molecule has 0 bridgehead atoms. The molecule has 1 unspecified atom stereocenters. The second-order valence-corrected chi connectivity index (χ2v) is 13.6.